The highest BCUT2D eigenvalue weighted by atomic mass is 32.1. The SMILES string of the molecule is CCCNCC1(Cc2cccs2)CCOCC1. The summed E-state index contributed by atoms with van der Waals surface area (Å²) < 4.78 is 5.53. The van der Waals surface area contributed by atoms with Gasteiger partial charge in [0.15, 0.2) is 0 Å². The molecule has 0 aromatic carbocycles. The van der Waals surface area contributed by atoms with Gasteiger partial charge < -0.3 is 10.1 Å². The van der Waals surface area contributed by atoms with Gasteiger partial charge in [0.2, 0.25) is 0 Å². The van der Waals surface area contributed by atoms with Gasteiger partial charge in [-0.2, -0.15) is 0 Å². The van der Waals surface area contributed by atoms with E-state index in [1.165, 1.54) is 30.6 Å². The summed E-state index contributed by atoms with van der Waals surface area (Å²) in [7, 11) is 0. The topological polar surface area (TPSA) is 21.3 Å². The largest absolute Gasteiger partial charge is 0.381 e. The summed E-state index contributed by atoms with van der Waals surface area (Å²) in [5.41, 5.74) is 0.429. The van der Waals surface area contributed by atoms with Crippen LogP contribution in [0.15, 0.2) is 17.5 Å². The lowest BCUT2D eigenvalue weighted by atomic mass is 9.76. The maximum absolute atomic E-state index is 5.53. The number of nitrogens with one attached hydrogen (secondary N) is 1. The fraction of sp³-hybridized carbons (Fsp3) is 0.714. The quantitative estimate of drug-likeness (QED) is 0.787. The van der Waals surface area contributed by atoms with Crippen molar-refractivity contribution in [3.63, 3.8) is 0 Å². The predicted molar refractivity (Wildman–Crippen MR) is 73.7 cm³/mol. The molecule has 96 valence electrons. The van der Waals surface area contributed by atoms with E-state index in [9.17, 15) is 0 Å². The van der Waals surface area contributed by atoms with Crippen molar-refractivity contribution in [2.75, 3.05) is 26.3 Å². The average Bonchev–Trinajstić information content (AvgIpc) is 2.83. The molecule has 0 unspecified atom stereocenters. The van der Waals surface area contributed by atoms with Crippen LogP contribution in [0.1, 0.15) is 31.1 Å². The van der Waals surface area contributed by atoms with E-state index < -0.39 is 0 Å². The van der Waals surface area contributed by atoms with E-state index in [-0.39, 0.29) is 0 Å². The van der Waals surface area contributed by atoms with Crippen molar-refractivity contribution in [3.8, 4) is 0 Å². The van der Waals surface area contributed by atoms with E-state index in [0.717, 1.165) is 26.3 Å². The van der Waals surface area contributed by atoms with Crippen LogP contribution in [-0.2, 0) is 11.2 Å². The first-order valence-electron chi connectivity index (χ1n) is 6.65. The highest BCUT2D eigenvalue weighted by molar-refractivity contribution is 7.09. The van der Waals surface area contributed by atoms with Crippen LogP contribution in [0.5, 0.6) is 0 Å². The maximum atomic E-state index is 5.53. The van der Waals surface area contributed by atoms with Crippen molar-refractivity contribution >= 4 is 11.3 Å². The Bertz CT molecular complexity index is 304. The summed E-state index contributed by atoms with van der Waals surface area (Å²) in [4.78, 5) is 1.52. The molecular formula is C14H23NOS. The van der Waals surface area contributed by atoms with Gasteiger partial charge >= 0.3 is 0 Å². The van der Waals surface area contributed by atoms with Gasteiger partial charge in [-0.05, 0) is 49.1 Å². The third-order valence-corrected chi connectivity index (χ3v) is 4.49. The third-order valence-electron chi connectivity index (χ3n) is 3.61. The minimum Gasteiger partial charge on any atom is -0.381 e. The Hall–Kier alpha value is -0.380. The zero-order chi connectivity index (χ0) is 12.0. The van der Waals surface area contributed by atoms with E-state index in [0.29, 0.717) is 5.41 Å². The van der Waals surface area contributed by atoms with Gasteiger partial charge in [-0.1, -0.05) is 13.0 Å². The molecule has 0 aliphatic carbocycles. The fourth-order valence-corrected chi connectivity index (χ4v) is 3.41. The summed E-state index contributed by atoms with van der Waals surface area (Å²) in [5, 5.41) is 5.79. The van der Waals surface area contributed by atoms with Gasteiger partial charge in [0, 0.05) is 24.6 Å². The van der Waals surface area contributed by atoms with Crippen LogP contribution >= 0.6 is 11.3 Å². The van der Waals surface area contributed by atoms with Crippen LogP contribution in [0.2, 0.25) is 0 Å². The highest BCUT2D eigenvalue weighted by Gasteiger charge is 2.32. The number of hydrogen-bond acceptors (Lipinski definition) is 3. The molecule has 0 spiro atoms. The average molecular weight is 253 g/mol. The second-order valence-electron chi connectivity index (χ2n) is 5.05. The highest BCUT2D eigenvalue weighted by Crippen LogP contribution is 2.34. The summed E-state index contributed by atoms with van der Waals surface area (Å²) in [5.74, 6) is 0. The van der Waals surface area contributed by atoms with Crippen LogP contribution in [0.4, 0.5) is 0 Å². The molecule has 1 aliphatic heterocycles. The summed E-state index contributed by atoms with van der Waals surface area (Å²) in [6.07, 6.45) is 4.82. The molecule has 0 radical (unpaired) electrons. The second kappa shape index (κ2) is 6.53. The van der Waals surface area contributed by atoms with Crippen molar-refractivity contribution in [2.45, 2.75) is 32.6 Å². The number of thiophene rings is 1. The molecule has 0 amide bonds. The third kappa shape index (κ3) is 3.80. The first kappa shape index (κ1) is 13.1. The van der Waals surface area contributed by atoms with Crippen molar-refractivity contribution < 1.29 is 4.74 Å². The summed E-state index contributed by atoms with van der Waals surface area (Å²) in [6, 6.07) is 4.42. The predicted octanol–water partition coefficient (Wildman–Crippen LogP) is 3.09. The minimum atomic E-state index is 0.429. The molecule has 0 atom stereocenters. The Morgan fingerprint density at radius 2 is 2.24 bits per heavy atom. The van der Waals surface area contributed by atoms with Crippen LogP contribution in [-0.4, -0.2) is 26.3 Å². The number of ether oxygens (including phenoxy) is 1. The number of hydrogen-bond donors (Lipinski definition) is 1. The van der Waals surface area contributed by atoms with Gasteiger partial charge in [0.25, 0.3) is 0 Å². The molecule has 2 rings (SSSR count). The molecule has 2 heterocycles. The van der Waals surface area contributed by atoms with Crippen LogP contribution < -0.4 is 5.32 Å². The van der Waals surface area contributed by atoms with E-state index in [1.54, 1.807) is 0 Å². The van der Waals surface area contributed by atoms with Crippen molar-refractivity contribution in [3.05, 3.63) is 22.4 Å². The summed E-state index contributed by atoms with van der Waals surface area (Å²) in [6.45, 7) is 6.36. The van der Waals surface area contributed by atoms with Crippen LogP contribution in [0.25, 0.3) is 0 Å². The van der Waals surface area contributed by atoms with Crippen LogP contribution in [0, 0.1) is 5.41 Å². The Morgan fingerprint density at radius 1 is 1.41 bits per heavy atom. The van der Waals surface area contributed by atoms with E-state index in [1.807, 2.05) is 11.3 Å². The monoisotopic (exact) mass is 253 g/mol. The van der Waals surface area contributed by atoms with Gasteiger partial charge in [0.05, 0.1) is 0 Å². The Morgan fingerprint density at radius 3 is 2.88 bits per heavy atom. The van der Waals surface area contributed by atoms with Gasteiger partial charge in [0.1, 0.15) is 0 Å². The zero-order valence-electron chi connectivity index (χ0n) is 10.7. The molecule has 1 aromatic rings. The number of rotatable bonds is 6. The molecule has 1 saturated heterocycles. The van der Waals surface area contributed by atoms with Crippen molar-refractivity contribution in [1.29, 1.82) is 0 Å². The molecule has 1 fully saturated rings. The Balaban J connectivity index is 1.95. The summed E-state index contributed by atoms with van der Waals surface area (Å²) >= 11 is 1.89. The van der Waals surface area contributed by atoms with E-state index in [2.05, 4.69) is 29.8 Å². The van der Waals surface area contributed by atoms with Crippen molar-refractivity contribution in [2.24, 2.45) is 5.41 Å². The Labute approximate surface area is 108 Å². The van der Waals surface area contributed by atoms with Crippen LogP contribution in [0.3, 0.4) is 0 Å². The molecule has 3 heteroatoms. The lowest BCUT2D eigenvalue weighted by Crippen LogP contribution is -2.40. The van der Waals surface area contributed by atoms with Gasteiger partial charge in [-0.15, -0.1) is 11.3 Å². The standard InChI is InChI=1S/C14H23NOS/c1-2-7-15-12-14(5-8-16-9-6-14)11-13-4-3-10-17-13/h3-4,10,15H,2,5-9,11-12H2,1H3. The maximum Gasteiger partial charge on any atom is 0.0471 e. The van der Waals surface area contributed by atoms with E-state index >= 15 is 0 Å². The zero-order valence-corrected chi connectivity index (χ0v) is 11.5. The van der Waals surface area contributed by atoms with E-state index in [4.69, 9.17) is 4.74 Å². The smallest absolute Gasteiger partial charge is 0.0471 e. The fourth-order valence-electron chi connectivity index (χ4n) is 2.53. The normalized spacial score (nSPS) is 19.4. The first-order chi connectivity index (χ1) is 8.35. The van der Waals surface area contributed by atoms with Gasteiger partial charge in [-0.3, -0.25) is 0 Å². The molecular weight excluding hydrogens is 230 g/mol. The first-order valence-corrected chi connectivity index (χ1v) is 7.53. The lowest BCUT2D eigenvalue weighted by Gasteiger charge is -2.37. The lowest BCUT2D eigenvalue weighted by molar-refractivity contribution is 0.0154. The van der Waals surface area contributed by atoms with Crippen molar-refractivity contribution in [1.82, 2.24) is 5.32 Å². The molecule has 2 nitrogen and oxygen atoms in total. The molecule has 1 aromatic heterocycles. The molecule has 17 heavy (non-hydrogen) atoms. The Kier molecular flexibility index (Phi) is 5.01. The molecule has 0 saturated carbocycles. The van der Waals surface area contributed by atoms with Gasteiger partial charge in [-0.25, -0.2) is 0 Å². The molecule has 1 N–H and O–H groups in total. The molecule has 1 aliphatic rings. The molecule has 0 bridgehead atoms. The minimum absolute atomic E-state index is 0.429. The second-order valence-corrected chi connectivity index (χ2v) is 6.08.